The van der Waals surface area contributed by atoms with E-state index in [9.17, 15) is 4.79 Å². The molecule has 0 aliphatic carbocycles. The van der Waals surface area contributed by atoms with E-state index in [1.165, 1.54) is 16.7 Å². The number of nitrogens with one attached hydrogen (secondary N) is 1. The molecule has 1 aromatic heterocycles. The molecule has 0 amide bonds. The molecule has 2 aromatic carbocycles. The second-order valence-electron chi connectivity index (χ2n) is 7.04. The Hall–Kier alpha value is -2.39. The predicted octanol–water partition coefficient (Wildman–Crippen LogP) is 4.82. The molecule has 0 fully saturated rings. The first-order chi connectivity index (χ1) is 11.9. The Bertz CT molecular complexity index is 937. The molecular formula is C22H25NO2. The number of fused-ring (bicyclic) bond motifs is 1. The number of rotatable bonds is 5. The lowest BCUT2D eigenvalue weighted by Gasteiger charge is -2.13. The molecule has 0 saturated heterocycles. The molecular weight excluding hydrogens is 310 g/mol. The largest absolute Gasteiger partial charge is 0.423 e. The highest BCUT2D eigenvalue weighted by Gasteiger charge is 2.11. The second-order valence-corrected chi connectivity index (χ2v) is 7.04. The number of aryl methyl sites for hydroxylation is 2. The van der Waals surface area contributed by atoms with Gasteiger partial charge in [-0.25, -0.2) is 4.79 Å². The summed E-state index contributed by atoms with van der Waals surface area (Å²) in [4.78, 5) is 11.9. The normalized spacial score (nSPS) is 11.4. The van der Waals surface area contributed by atoms with Crippen molar-refractivity contribution in [3.63, 3.8) is 0 Å². The summed E-state index contributed by atoms with van der Waals surface area (Å²) in [5, 5.41) is 4.46. The molecule has 3 aromatic rings. The van der Waals surface area contributed by atoms with E-state index in [1.807, 2.05) is 6.07 Å². The Labute approximate surface area is 148 Å². The van der Waals surface area contributed by atoms with Crippen LogP contribution in [0.2, 0.25) is 0 Å². The minimum atomic E-state index is -0.295. The summed E-state index contributed by atoms with van der Waals surface area (Å²) in [6.07, 6.45) is 0. The van der Waals surface area contributed by atoms with Crippen LogP contribution >= 0.6 is 0 Å². The molecule has 0 unspecified atom stereocenters. The van der Waals surface area contributed by atoms with E-state index in [0.29, 0.717) is 18.0 Å². The van der Waals surface area contributed by atoms with Gasteiger partial charge in [-0.1, -0.05) is 43.7 Å². The van der Waals surface area contributed by atoms with Gasteiger partial charge in [-0.05, 0) is 54.2 Å². The summed E-state index contributed by atoms with van der Waals surface area (Å²) in [5.41, 5.74) is 6.30. The zero-order valence-corrected chi connectivity index (χ0v) is 15.3. The van der Waals surface area contributed by atoms with Crippen LogP contribution in [0.1, 0.15) is 47.6 Å². The lowest BCUT2D eigenvalue weighted by Crippen LogP contribution is -2.15. The van der Waals surface area contributed by atoms with Crippen LogP contribution < -0.4 is 10.9 Å². The van der Waals surface area contributed by atoms with Crippen molar-refractivity contribution in [1.29, 1.82) is 0 Å². The molecule has 0 atom stereocenters. The van der Waals surface area contributed by atoms with Crippen LogP contribution in [0.4, 0.5) is 0 Å². The van der Waals surface area contributed by atoms with E-state index in [4.69, 9.17) is 4.42 Å². The molecule has 0 saturated carbocycles. The highest BCUT2D eigenvalue weighted by Crippen LogP contribution is 2.26. The van der Waals surface area contributed by atoms with Crippen molar-refractivity contribution < 1.29 is 4.42 Å². The maximum Gasteiger partial charge on any atom is 0.336 e. The Morgan fingerprint density at radius 3 is 2.40 bits per heavy atom. The fourth-order valence-corrected chi connectivity index (χ4v) is 3.21. The lowest BCUT2D eigenvalue weighted by atomic mass is 9.95. The molecule has 3 heteroatoms. The minimum Gasteiger partial charge on any atom is -0.423 e. The first kappa shape index (κ1) is 17.4. The smallest absolute Gasteiger partial charge is 0.336 e. The zero-order chi connectivity index (χ0) is 18.0. The summed E-state index contributed by atoms with van der Waals surface area (Å²) in [6.45, 7) is 9.92. The third kappa shape index (κ3) is 3.99. The summed E-state index contributed by atoms with van der Waals surface area (Å²) in [5.74, 6) is 0.435. The van der Waals surface area contributed by atoms with E-state index in [-0.39, 0.29) is 5.63 Å². The summed E-state index contributed by atoms with van der Waals surface area (Å²) in [7, 11) is 0. The quantitative estimate of drug-likeness (QED) is 0.680. The molecule has 1 heterocycles. The Kier molecular flexibility index (Phi) is 5.05. The Morgan fingerprint density at radius 1 is 1.00 bits per heavy atom. The van der Waals surface area contributed by atoms with Crippen molar-refractivity contribution in [2.75, 3.05) is 0 Å². The van der Waals surface area contributed by atoms with Gasteiger partial charge in [-0.15, -0.1) is 0 Å². The second kappa shape index (κ2) is 7.24. The number of benzene rings is 2. The van der Waals surface area contributed by atoms with Crippen LogP contribution in [-0.2, 0) is 13.1 Å². The van der Waals surface area contributed by atoms with Crippen LogP contribution in [0.15, 0.2) is 51.7 Å². The maximum absolute atomic E-state index is 11.9. The molecule has 0 bridgehead atoms. The molecule has 0 aliphatic rings. The third-order valence-electron chi connectivity index (χ3n) is 4.60. The fraction of sp³-hybridized carbons (Fsp3) is 0.318. The van der Waals surface area contributed by atoms with E-state index in [1.54, 1.807) is 6.07 Å². The average Bonchev–Trinajstić information content (AvgIpc) is 2.55. The SMILES string of the molecule is Cc1ccc(CNCc2cc(=O)oc3cc(C)c(C(C)C)cc23)cc1. The highest BCUT2D eigenvalue weighted by molar-refractivity contribution is 5.82. The van der Waals surface area contributed by atoms with Gasteiger partial charge in [0.2, 0.25) is 0 Å². The molecule has 0 aliphatic heterocycles. The first-order valence-electron chi connectivity index (χ1n) is 8.77. The van der Waals surface area contributed by atoms with E-state index in [2.05, 4.69) is 63.3 Å². The van der Waals surface area contributed by atoms with Gasteiger partial charge in [-0.3, -0.25) is 0 Å². The standard InChI is InChI=1S/C22H25NO2/c1-14(2)19-11-20-18(10-22(24)25-21(20)9-16(19)4)13-23-12-17-7-5-15(3)6-8-17/h5-11,14,23H,12-13H2,1-4H3. The summed E-state index contributed by atoms with van der Waals surface area (Å²) in [6, 6.07) is 14.2. The van der Waals surface area contributed by atoms with Crippen molar-refractivity contribution in [2.45, 2.75) is 46.7 Å². The van der Waals surface area contributed by atoms with Crippen molar-refractivity contribution in [3.8, 4) is 0 Å². The van der Waals surface area contributed by atoms with Crippen molar-refractivity contribution in [3.05, 3.63) is 80.7 Å². The molecule has 3 nitrogen and oxygen atoms in total. The van der Waals surface area contributed by atoms with Gasteiger partial charge in [0.1, 0.15) is 5.58 Å². The van der Waals surface area contributed by atoms with Crippen LogP contribution in [0.3, 0.4) is 0 Å². The summed E-state index contributed by atoms with van der Waals surface area (Å²) >= 11 is 0. The molecule has 1 N–H and O–H groups in total. The number of hydrogen-bond donors (Lipinski definition) is 1. The van der Waals surface area contributed by atoms with Crippen molar-refractivity contribution in [1.82, 2.24) is 5.32 Å². The number of hydrogen-bond acceptors (Lipinski definition) is 3. The van der Waals surface area contributed by atoms with Crippen LogP contribution in [0, 0.1) is 13.8 Å². The molecule has 0 spiro atoms. The van der Waals surface area contributed by atoms with E-state index >= 15 is 0 Å². The summed E-state index contributed by atoms with van der Waals surface area (Å²) < 4.78 is 5.41. The van der Waals surface area contributed by atoms with Gasteiger partial charge in [-0.2, -0.15) is 0 Å². The van der Waals surface area contributed by atoms with E-state index in [0.717, 1.165) is 23.1 Å². The maximum atomic E-state index is 11.9. The molecule has 3 rings (SSSR count). The predicted molar refractivity (Wildman–Crippen MR) is 103 cm³/mol. The van der Waals surface area contributed by atoms with E-state index < -0.39 is 0 Å². The van der Waals surface area contributed by atoms with Crippen LogP contribution in [0.25, 0.3) is 11.0 Å². The Balaban J connectivity index is 1.88. The molecule has 130 valence electrons. The van der Waals surface area contributed by atoms with Crippen molar-refractivity contribution >= 4 is 11.0 Å². The Morgan fingerprint density at radius 2 is 1.72 bits per heavy atom. The van der Waals surface area contributed by atoms with Gasteiger partial charge >= 0.3 is 5.63 Å². The molecule has 25 heavy (non-hydrogen) atoms. The van der Waals surface area contributed by atoms with Gasteiger partial charge in [0.25, 0.3) is 0 Å². The zero-order valence-electron chi connectivity index (χ0n) is 15.3. The van der Waals surface area contributed by atoms with Crippen molar-refractivity contribution in [2.24, 2.45) is 0 Å². The topological polar surface area (TPSA) is 42.2 Å². The highest BCUT2D eigenvalue weighted by atomic mass is 16.4. The lowest BCUT2D eigenvalue weighted by molar-refractivity contribution is 0.556. The first-order valence-corrected chi connectivity index (χ1v) is 8.77. The molecule has 0 radical (unpaired) electrons. The van der Waals surface area contributed by atoms with Crippen LogP contribution in [0.5, 0.6) is 0 Å². The fourth-order valence-electron chi connectivity index (χ4n) is 3.21. The third-order valence-corrected chi connectivity index (χ3v) is 4.60. The monoisotopic (exact) mass is 335 g/mol. The van der Waals surface area contributed by atoms with Gasteiger partial charge in [0.15, 0.2) is 0 Å². The van der Waals surface area contributed by atoms with Gasteiger partial charge < -0.3 is 9.73 Å². The van der Waals surface area contributed by atoms with Gasteiger partial charge in [0.05, 0.1) is 0 Å². The van der Waals surface area contributed by atoms with Crippen LogP contribution in [-0.4, -0.2) is 0 Å². The van der Waals surface area contributed by atoms with Gasteiger partial charge in [0, 0.05) is 24.5 Å². The minimum absolute atomic E-state index is 0.295. The average molecular weight is 335 g/mol.